The van der Waals surface area contributed by atoms with Gasteiger partial charge in [-0.2, -0.15) is 8.78 Å². The number of aliphatic hydroxyl groups excluding tert-OH is 1. The Morgan fingerprint density at radius 3 is 2.39 bits per heavy atom. The van der Waals surface area contributed by atoms with Crippen molar-refractivity contribution >= 4 is 11.9 Å². The van der Waals surface area contributed by atoms with Crippen LogP contribution in [0.4, 0.5) is 8.78 Å². The summed E-state index contributed by atoms with van der Waals surface area (Å²) in [5, 5.41) is 21.7. The van der Waals surface area contributed by atoms with E-state index in [1.165, 1.54) is 18.2 Å². The summed E-state index contributed by atoms with van der Waals surface area (Å²) in [6.07, 6.45) is -1.47. The van der Waals surface area contributed by atoms with Crippen molar-refractivity contribution in [2.24, 2.45) is 5.73 Å². The number of carboxylic acid groups (broad SMARTS) is 1. The Labute approximate surface area is 159 Å². The van der Waals surface area contributed by atoms with Crippen molar-refractivity contribution in [3.8, 4) is 5.75 Å². The van der Waals surface area contributed by atoms with Gasteiger partial charge in [-0.05, 0) is 29.7 Å². The summed E-state index contributed by atoms with van der Waals surface area (Å²) in [6, 6.07) is 11.3. The monoisotopic (exact) mass is 394 g/mol. The van der Waals surface area contributed by atoms with Gasteiger partial charge in [0.1, 0.15) is 11.9 Å². The van der Waals surface area contributed by atoms with Crippen LogP contribution < -0.4 is 15.8 Å². The minimum atomic E-state index is -3.08. The molecular formula is C19H20F2N2O5. The van der Waals surface area contributed by atoms with Crippen molar-refractivity contribution < 1.29 is 33.3 Å². The molecule has 0 fully saturated rings. The summed E-state index contributed by atoms with van der Waals surface area (Å²) in [5.74, 6) is -2.68. The molecule has 0 bridgehead atoms. The van der Waals surface area contributed by atoms with Gasteiger partial charge in [0.2, 0.25) is 0 Å². The van der Waals surface area contributed by atoms with Crippen LogP contribution in [0.25, 0.3) is 0 Å². The van der Waals surface area contributed by atoms with E-state index in [0.29, 0.717) is 0 Å². The second kappa shape index (κ2) is 9.77. The Bertz CT molecular complexity index is 804. The summed E-state index contributed by atoms with van der Waals surface area (Å²) < 4.78 is 28.9. The van der Waals surface area contributed by atoms with Crippen LogP contribution in [0.1, 0.15) is 17.2 Å². The first-order valence-corrected chi connectivity index (χ1v) is 8.33. The number of rotatable bonds is 9. The van der Waals surface area contributed by atoms with Crippen molar-refractivity contribution in [1.82, 2.24) is 5.32 Å². The molecular weight excluding hydrogens is 374 g/mol. The molecule has 0 heterocycles. The van der Waals surface area contributed by atoms with Crippen LogP contribution in [0.15, 0.2) is 54.6 Å². The van der Waals surface area contributed by atoms with Gasteiger partial charge in [-0.1, -0.05) is 42.5 Å². The van der Waals surface area contributed by atoms with E-state index in [1.807, 2.05) is 6.07 Å². The standard InChI is InChI=1S/C19H20F2N2O5/c20-19(21)28-13-8-4-7-12(10-13)15(18(26)27)23-17(25)16(24)14(22)9-11-5-2-1-3-6-11/h1-8,10,14-16,19,24H,9,22H2,(H,23,25)(H,26,27)/t14-,15?,16+/m1/s1. The zero-order valence-electron chi connectivity index (χ0n) is 14.7. The van der Waals surface area contributed by atoms with Crippen molar-refractivity contribution in [2.45, 2.75) is 31.2 Å². The maximum Gasteiger partial charge on any atom is 0.387 e. The number of aliphatic carboxylic acids is 1. The fraction of sp³-hybridized carbons (Fsp3) is 0.263. The molecule has 0 radical (unpaired) electrons. The summed E-state index contributed by atoms with van der Waals surface area (Å²) in [7, 11) is 0. The largest absolute Gasteiger partial charge is 0.479 e. The molecule has 2 rings (SSSR count). The van der Waals surface area contributed by atoms with Gasteiger partial charge < -0.3 is 26.0 Å². The van der Waals surface area contributed by atoms with Crippen LogP contribution in [-0.4, -0.2) is 40.8 Å². The van der Waals surface area contributed by atoms with Crippen molar-refractivity contribution in [3.63, 3.8) is 0 Å². The SMILES string of the molecule is N[C@H](Cc1ccccc1)[C@H](O)C(=O)NC(C(=O)O)c1cccc(OC(F)F)c1. The van der Waals surface area contributed by atoms with Gasteiger partial charge in [-0.25, -0.2) is 4.79 Å². The fourth-order valence-corrected chi connectivity index (χ4v) is 2.58. The molecule has 9 heteroatoms. The normalized spacial score (nSPS) is 14.2. The molecule has 0 aliphatic rings. The number of ether oxygens (including phenoxy) is 1. The molecule has 1 amide bonds. The van der Waals surface area contributed by atoms with Gasteiger partial charge in [-0.15, -0.1) is 0 Å². The molecule has 0 saturated heterocycles. The highest BCUT2D eigenvalue weighted by Crippen LogP contribution is 2.21. The molecule has 2 aromatic rings. The van der Waals surface area contributed by atoms with E-state index < -0.39 is 36.7 Å². The molecule has 5 N–H and O–H groups in total. The maximum absolute atomic E-state index is 12.3. The number of aliphatic hydroxyl groups is 1. The fourth-order valence-electron chi connectivity index (χ4n) is 2.58. The molecule has 0 aliphatic carbocycles. The third-order valence-corrected chi connectivity index (χ3v) is 3.94. The Kier molecular flexibility index (Phi) is 7.42. The van der Waals surface area contributed by atoms with Gasteiger partial charge in [-0.3, -0.25) is 4.79 Å². The topological polar surface area (TPSA) is 122 Å². The van der Waals surface area contributed by atoms with Crippen molar-refractivity contribution in [3.05, 3.63) is 65.7 Å². The van der Waals surface area contributed by atoms with Gasteiger partial charge in [0.25, 0.3) is 5.91 Å². The number of nitrogens with one attached hydrogen (secondary N) is 1. The average molecular weight is 394 g/mol. The molecule has 0 spiro atoms. The van der Waals surface area contributed by atoms with Gasteiger partial charge >= 0.3 is 12.6 Å². The summed E-state index contributed by atoms with van der Waals surface area (Å²) >= 11 is 0. The van der Waals surface area contributed by atoms with E-state index in [9.17, 15) is 28.6 Å². The zero-order valence-corrected chi connectivity index (χ0v) is 14.7. The molecule has 1 unspecified atom stereocenters. The highest BCUT2D eigenvalue weighted by molar-refractivity contribution is 5.87. The van der Waals surface area contributed by atoms with Crippen LogP contribution in [0, 0.1) is 0 Å². The first-order chi connectivity index (χ1) is 13.3. The van der Waals surface area contributed by atoms with Crippen LogP contribution in [-0.2, 0) is 16.0 Å². The average Bonchev–Trinajstić information content (AvgIpc) is 2.65. The lowest BCUT2D eigenvalue weighted by molar-refractivity contribution is -0.143. The lowest BCUT2D eigenvalue weighted by atomic mass is 10.0. The lowest BCUT2D eigenvalue weighted by Gasteiger charge is -2.22. The molecule has 0 aromatic heterocycles. The first kappa shape index (κ1) is 21.3. The number of alkyl halides is 2. The van der Waals surface area contributed by atoms with Gasteiger partial charge in [0.15, 0.2) is 6.04 Å². The van der Waals surface area contributed by atoms with Crippen LogP contribution in [0.3, 0.4) is 0 Å². The maximum atomic E-state index is 12.3. The van der Waals surface area contributed by atoms with Gasteiger partial charge in [0.05, 0.1) is 0 Å². The number of carbonyl (C=O) groups is 2. The Morgan fingerprint density at radius 2 is 1.79 bits per heavy atom. The van der Waals surface area contributed by atoms with Crippen LogP contribution in [0.2, 0.25) is 0 Å². The molecule has 7 nitrogen and oxygen atoms in total. The minimum Gasteiger partial charge on any atom is -0.479 e. The lowest BCUT2D eigenvalue weighted by Crippen LogP contribution is -2.49. The summed E-state index contributed by atoms with van der Waals surface area (Å²) in [4.78, 5) is 23.8. The predicted octanol–water partition coefficient (Wildman–Crippen LogP) is 1.46. The van der Waals surface area contributed by atoms with E-state index in [0.717, 1.165) is 11.6 Å². The molecule has 3 atom stereocenters. The van der Waals surface area contributed by atoms with E-state index in [4.69, 9.17) is 5.73 Å². The second-order valence-electron chi connectivity index (χ2n) is 6.03. The highest BCUT2D eigenvalue weighted by atomic mass is 19.3. The Balaban J connectivity index is 2.08. The molecule has 2 aromatic carbocycles. The summed E-state index contributed by atoms with van der Waals surface area (Å²) in [5.41, 5.74) is 6.66. The molecule has 0 aliphatic heterocycles. The van der Waals surface area contributed by atoms with Crippen LogP contribution in [0.5, 0.6) is 5.75 Å². The minimum absolute atomic E-state index is 0.00262. The van der Waals surface area contributed by atoms with E-state index in [2.05, 4.69) is 10.1 Å². The van der Waals surface area contributed by atoms with E-state index >= 15 is 0 Å². The first-order valence-electron chi connectivity index (χ1n) is 8.33. The smallest absolute Gasteiger partial charge is 0.387 e. The second-order valence-corrected chi connectivity index (χ2v) is 6.03. The Hall–Kier alpha value is -3.04. The number of amides is 1. The molecule has 28 heavy (non-hydrogen) atoms. The third-order valence-electron chi connectivity index (χ3n) is 3.94. The van der Waals surface area contributed by atoms with E-state index in [1.54, 1.807) is 24.3 Å². The van der Waals surface area contributed by atoms with Gasteiger partial charge in [0, 0.05) is 6.04 Å². The number of carboxylic acids is 1. The number of hydrogen-bond acceptors (Lipinski definition) is 5. The molecule has 150 valence electrons. The van der Waals surface area contributed by atoms with E-state index in [-0.39, 0.29) is 17.7 Å². The number of benzene rings is 2. The summed E-state index contributed by atoms with van der Waals surface area (Å²) in [6.45, 7) is -3.08. The number of nitrogens with two attached hydrogens (primary N) is 1. The predicted molar refractivity (Wildman–Crippen MR) is 95.7 cm³/mol. The third kappa shape index (κ3) is 6.00. The van der Waals surface area contributed by atoms with Crippen molar-refractivity contribution in [2.75, 3.05) is 0 Å². The highest BCUT2D eigenvalue weighted by Gasteiger charge is 2.29. The van der Waals surface area contributed by atoms with Crippen LogP contribution >= 0.6 is 0 Å². The number of halogens is 2. The number of hydrogen-bond donors (Lipinski definition) is 4. The number of carbonyl (C=O) groups excluding carboxylic acids is 1. The Morgan fingerprint density at radius 1 is 1.11 bits per heavy atom. The zero-order chi connectivity index (χ0) is 20.7. The van der Waals surface area contributed by atoms with Crippen molar-refractivity contribution in [1.29, 1.82) is 0 Å². The quantitative estimate of drug-likeness (QED) is 0.511. The molecule has 0 saturated carbocycles.